The molecule has 0 fully saturated rings. The van der Waals surface area contributed by atoms with Crippen molar-refractivity contribution in [2.75, 3.05) is 0 Å². The van der Waals surface area contributed by atoms with Gasteiger partial charge in [0.25, 0.3) is 0 Å². The van der Waals surface area contributed by atoms with Gasteiger partial charge in [-0.3, -0.25) is 0 Å². The fourth-order valence-corrected chi connectivity index (χ4v) is 2.25. The molecule has 2 aromatic carbocycles. The quantitative estimate of drug-likeness (QED) is 0.833. The maximum atomic E-state index is 12.1. The average molecular weight is 291 g/mol. The van der Waals surface area contributed by atoms with Crippen LogP contribution in [0.25, 0.3) is 0 Å². The second-order valence-electron chi connectivity index (χ2n) is 4.97. The average Bonchev–Trinajstić information content (AvgIpc) is 2.48. The zero-order valence-corrected chi connectivity index (χ0v) is 12.1. The zero-order valence-electron chi connectivity index (χ0n) is 12.1. The Morgan fingerprint density at radius 2 is 1.33 bits per heavy atom. The smallest absolute Gasteiger partial charge is 0.387 e. The van der Waals surface area contributed by atoms with E-state index >= 15 is 0 Å². The van der Waals surface area contributed by atoms with Crippen molar-refractivity contribution >= 4 is 0 Å². The Balaban J connectivity index is 1.98. The van der Waals surface area contributed by atoms with E-state index in [4.69, 9.17) is 0 Å². The van der Waals surface area contributed by atoms with Crippen LogP contribution in [-0.2, 0) is 0 Å². The zero-order chi connectivity index (χ0) is 15.2. The standard InChI is InChI=1S/C17H19F2NO/c1-12(14-6-4-3-5-7-14)20-13(2)15-8-10-16(11-9-15)21-17(18)19/h3-13,17,20H,1-2H3/t12-,13?/m1/s1. The Kier molecular flexibility index (Phi) is 5.28. The maximum Gasteiger partial charge on any atom is 0.387 e. The van der Waals surface area contributed by atoms with E-state index in [9.17, 15) is 8.78 Å². The first-order chi connectivity index (χ1) is 10.1. The molecule has 2 nitrogen and oxygen atoms in total. The lowest BCUT2D eigenvalue weighted by Crippen LogP contribution is -2.22. The van der Waals surface area contributed by atoms with Crippen molar-refractivity contribution in [1.29, 1.82) is 0 Å². The number of nitrogens with one attached hydrogen (secondary N) is 1. The van der Waals surface area contributed by atoms with Crippen molar-refractivity contribution in [3.8, 4) is 5.75 Å². The highest BCUT2D eigenvalue weighted by Gasteiger charge is 2.11. The molecule has 1 unspecified atom stereocenters. The predicted octanol–water partition coefficient (Wildman–Crippen LogP) is 4.70. The first-order valence-electron chi connectivity index (χ1n) is 6.92. The number of benzene rings is 2. The minimum atomic E-state index is -2.79. The summed E-state index contributed by atoms with van der Waals surface area (Å²) in [6.07, 6.45) is 0. The number of hydrogen-bond donors (Lipinski definition) is 1. The van der Waals surface area contributed by atoms with E-state index < -0.39 is 6.61 Å². The van der Waals surface area contributed by atoms with Crippen LogP contribution >= 0.6 is 0 Å². The van der Waals surface area contributed by atoms with Crippen LogP contribution in [0.1, 0.15) is 37.1 Å². The van der Waals surface area contributed by atoms with Gasteiger partial charge in [0.2, 0.25) is 0 Å². The van der Waals surface area contributed by atoms with Gasteiger partial charge in [0.15, 0.2) is 0 Å². The van der Waals surface area contributed by atoms with Gasteiger partial charge < -0.3 is 10.1 Å². The molecular formula is C17H19F2NO. The lowest BCUT2D eigenvalue weighted by Gasteiger charge is -2.21. The van der Waals surface area contributed by atoms with Crippen molar-refractivity contribution in [1.82, 2.24) is 5.32 Å². The summed E-state index contributed by atoms with van der Waals surface area (Å²) in [4.78, 5) is 0. The van der Waals surface area contributed by atoms with Gasteiger partial charge in [-0.05, 0) is 37.1 Å². The normalized spacial score (nSPS) is 14.0. The van der Waals surface area contributed by atoms with E-state index in [-0.39, 0.29) is 17.8 Å². The van der Waals surface area contributed by atoms with E-state index in [0.29, 0.717) is 0 Å². The van der Waals surface area contributed by atoms with Crippen LogP contribution in [0.5, 0.6) is 5.75 Å². The maximum absolute atomic E-state index is 12.1. The molecule has 0 aliphatic rings. The minimum absolute atomic E-state index is 0.112. The molecular weight excluding hydrogens is 272 g/mol. The molecule has 0 spiro atoms. The summed E-state index contributed by atoms with van der Waals surface area (Å²) in [6.45, 7) is 1.35. The number of ether oxygens (including phenoxy) is 1. The molecule has 0 bridgehead atoms. The Morgan fingerprint density at radius 3 is 1.86 bits per heavy atom. The summed E-state index contributed by atoms with van der Waals surface area (Å²) < 4.78 is 28.6. The largest absolute Gasteiger partial charge is 0.435 e. The third kappa shape index (κ3) is 4.53. The van der Waals surface area contributed by atoms with Gasteiger partial charge in [0, 0.05) is 12.1 Å². The minimum Gasteiger partial charge on any atom is -0.435 e. The molecule has 0 saturated carbocycles. The van der Waals surface area contributed by atoms with Gasteiger partial charge in [0.05, 0.1) is 0 Å². The monoisotopic (exact) mass is 291 g/mol. The molecule has 2 aromatic rings. The summed E-state index contributed by atoms with van der Waals surface area (Å²) in [6, 6.07) is 17.2. The molecule has 0 aromatic heterocycles. The van der Waals surface area contributed by atoms with Gasteiger partial charge in [-0.25, -0.2) is 0 Å². The number of alkyl halides is 2. The molecule has 0 radical (unpaired) electrons. The highest BCUT2D eigenvalue weighted by molar-refractivity contribution is 5.29. The second-order valence-corrected chi connectivity index (χ2v) is 4.97. The van der Waals surface area contributed by atoms with E-state index in [2.05, 4.69) is 29.1 Å². The molecule has 2 atom stereocenters. The molecule has 0 saturated heterocycles. The lowest BCUT2D eigenvalue weighted by atomic mass is 10.0. The van der Waals surface area contributed by atoms with Crippen molar-refractivity contribution in [3.05, 3.63) is 65.7 Å². The summed E-state index contributed by atoms with van der Waals surface area (Å²) in [5, 5.41) is 3.48. The van der Waals surface area contributed by atoms with Crippen LogP contribution in [0.2, 0.25) is 0 Å². The number of rotatable bonds is 6. The molecule has 112 valence electrons. The first-order valence-corrected chi connectivity index (χ1v) is 6.92. The summed E-state index contributed by atoms with van der Waals surface area (Å²) in [5.74, 6) is 0.178. The van der Waals surface area contributed by atoms with Crippen LogP contribution < -0.4 is 10.1 Å². The van der Waals surface area contributed by atoms with Crippen LogP contribution in [0.3, 0.4) is 0 Å². The molecule has 21 heavy (non-hydrogen) atoms. The molecule has 1 N–H and O–H groups in total. The molecule has 0 aliphatic carbocycles. The highest BCUT2D eigenvalue weighted by atomic mass is 19.3. The number of halogens is 2. The molecule has 0 amide bonds. The highest BCUT2D eigenvalue weighted by Crippen LogP contribution is 2.22. The molecule has 4 heteroatoms. The third-order valence-corrected chi connectivity index (χ3v) is 3.40. The van der Waals surface area contributed by atoms with Crippen molar-refractivity contribution < 1.29 is 13.5 Å². The topological polar surface area (TPSA) is 21.3 Å². The van der Waals surface area contributed by atoms with Crippen molar-refractivity contribution in [2.24, 2.45) is 0 Å². The van der Waals surface area contributed by atoms with Gasteiger partial charge in [-0.15, -0.1) is 0 Å². The summed E-state index contributed by atoms with van der Waals surface area (Å²) in [5.41, 5.74) is 2.24. The fourth-order valence-electron chi connectivity index (χ4n) is 2.25. The number of hydrogen-bond acceptors (Lipinski definition) is 2. The van der Waals surface area contributed by atoms with E-state index in [0.717, 1.165) is 5.56 Å². The Labute approximate surface area is 123 Å². The van der Waals surface area contributed by atoms with E-state index in [1.807, 2.05) is 25.1 Å². The predicted molar refractivity (Wildman–Crippen MR) is 79.5 cm³/mol. The lowest BCUT2D eigenvalue weighted by molar-refractivity contribution is -0.0498. The SMILES string of the molecule is CC(N[C@H](C)c1ccccc1)c1ccc(OC(F)F)cc1. The van der Waals surface area contributed by atoms with Crippen LogP contribution in [0.15, 0.2) is 54.6 Å². The van der Waals surface area contributed by atoms with Gasteiger partial charge in [-0.1, -0.05) is 42.5 Å². The second kappa shape index (κ2) is 7.18. The van der Waals surface area contributed by atoms with Crippen molar-refractivity contribution in [3.63, 3.8) is 0 Å². The van der Waals surface area contributed by atoms with Crippen LogP contribution in [0.4, 0.5) is 8.78 Å². The molecule has 2 rings (SSSR count). The van der Waals surface area contributed by atoms with E-state index in [1.54, 1.807) is 24.3 Å². The molecule has 0 heterocycles. The third-order valence-electron chi connectivity index (χ3n) is 3.40. The molecule has 0 aliphatic heterocycles. The summed E-state index contributed by atoms with van der Waals surface area (Å²) >= 11 is 0. The van der Waals surface area contributed by atoms with E-state index in [1.165, 1.54) is 5.56 Å². The van der Waals surface area contributed by atoms with Gasteiger partial charge in [0.1, 0.15) is 5.75 Å². The Morgan fingerprint density at radius 1 is 0.810 bits per heavy atom. The van der Waals surface area contributed by atoms with Gasteiger partial charge >= 0.3 is 6.61 Å². The van der Waals surface area contributed by atoms with Crippen molar-refractivity contribution in [2.45, 2.75) is 32.5 Å². The summed E-state index contributed by atoms with van der Waals surface area (Å²) in [7, 11) is 0. The Bertz CT molecular complexity index is 542. The van der Waals surface area contributed by atoms with Crippen LogP contribution in [0, 0.1) is 0 Å². The van der Waals surface area contributed by atoms with Gasteiger partial charge in [-0.2, -0.15) is 8.78 Å². The Hall–Kier alpha value is -1.94. The first kappa shape index (κ1) is 15.4. The fraction of sp³-hybridized carbons (Fsp3) is 0.294. The van der Waals surface area contributed by atoms with Crippen LogP contribution in [-0.4, -0.2) is 6.61 Å².